The molecule has 0 bridgehead atoms. The molecule has 0 saturated carbocycles. The number of aliphatic imine (C=N–C) groups is 1. The Kier molecular flexibility index (Phi) is 19.4. The summed E-state index contributed by atoms with van der Waals surface area (Å²) >= 11 is 0. The molecule has 2 saturated heterocycles. The molecule has 2 aromatic rings. The number of anilines is 2. The summed E-state index contributed by atoms with van der Waals surface area (Å²) in [6.07, 6.45) is 9.00. The Hall–Kier alpha value is -5.28. The first-order valence-electron chi connectivity index (χ1n) is 22.9. The molecule has 344 valence electrons. The van der Waals surface area contributed by atoms with Crippen molar-refractivity contribution in [3.05, 3.63) is 71.1 Å². The fourth-order valence-electron chi connectivity index (χ4n) is 8.56. The average molecular weight is 870 g/mol. The molecule has 2 atom stereocenters. The van der Waals surface area contributed by atoms with E-state index in [1.54, 1.807) is 0 Å². The first-order chi connectivity index (χ1) is 30.3. The van der Waals surface area contributed by atoms with Crippen molar-refractivity contribution in [2.75, 3.05) is 88.9 Å². The summed E-state index contributed by atoms with van der Waals surface area (Å²) in [5, 5.41) is 19.3. The fraction of sp³-hybridized carbons (Fsp3) is 0.583. The molecular formula is C48H71N9O6. The SMILES string of the molecule is C=C(C)COCCC(=O)NCCCNC(=O)CCCC(=O)N1CCN(c2cc(N=C(C)/C=C(/C)N)cc([C@H](CC(=O)O)CN3CCC(CCc4ccc5c(n4)NCCC5)C3)c2)CC1. The van der Waals surface area contributed by atoms with Gasteiger partial charge in [0.15, 0.2) is 0 Å². The number of carboxylic acid groups (broad SMARTS) is 1. The molecule has 0 spiro atoms. The second-order valence-corrected chi connectivity index (χ2v) is 17.5. The number of pyridine rings is 1. The van der Waals surface area contributed by atoms with Crippen LogP contribution in [-0.2, 0) is 36.8 Å². The number of nitrogens with one attached hydrogen (secondary N) is 3. The Labute approximate surface area is 374 Å². The third kappa shape index (κ3) is 17.1. The number of benzene rings is 1. The van der Waals surface area contributed by atoms with Crippen molar-refractivity contribution in [1.82, 2.24) is 25.4 Å². The van der Waals surface area contributed by atoms with Gasteiger partial charge in [0.1, 0.15) is 5.82 Å². The van der Waals surface area contributed by atoms with Crippen molar-refractivity contribution < 1.29 is 29.0 Å². The second-order valence-electron chi connectivity index (χ2n) is 17.5. The largest absolute Gasteiger partial charge is 0.481 e. The molecule has 3 aliphatic rings. The smallest absolute Gasteiger partial charge is 0.304 e. The summed E-state index contributed by atoms with van der Waals surface area (Å²) < 4.78 is 5.35. The molecule has 15 nitrogen and oxygen atoms in total. The van der Waals surface area contributed by atoms with E-state index in [1.165, 1.54) is 5.56 Å². The summed E-state index contributed by atoms with van der Waals surface area (Å²) in [5.74, 6) is 0.313. The van der Waals surface area contributed by atoms with E-state index in [9.17, 15) is 24.3 Å². The Morgan fingerprint density at radius 3 is 2.51 bits per heavy atom. The molecule has 4 heterocycles. The number of piperazine rings is 1. The van der Waals surface area contributed by atoms with Crippen LogP contribution in [0, 0.1) is 5.92 Å². The molecule has 2 fully saturated rings. The van der Waals surface area contributed by atoms with Crippen molar-refractivity contribution in [2.45, 2.75) is 97.3 Å². The van der Waals surface area contributed by atoms with Gasteiger partial charge in [0.25, 0.3) is 0 Å². The van der Waals surface area contributed by atoms with Gasteiger partial charge < -0.3 is 46.2 Å². The Morgan fingerprint density at radius 2 is 1.78 bits per heavy atom. The number of aliphatic carboxylic acids is 1. The third-order valence-electron chi connectivity index (χ3n) is 11.8. The van der Waals surface area contributed by atoms with Crippen LogP contribution in [0.25, 0.3) is 0 Å². The van der Waals surface area contributed by atoms with Gasteiger partial charge >= 0.3 is 5.97 Å². The number of aromatic nitrogens is 1. The lowest BCUT2D eigenvalue weighted by Crippen LogP contribution is -2.48. The average Bonchev–Trinajstić information content (AvgIpc) is 3.70. The topological polar surface area (TPSA) is 195 Å². The third-order valence-corrected chi connectivity index (χ3v) is 11.8. The lowest BCUT2D eigenvalue weighted by atomic mass is 9.93. The Morgan fingerprint density at radius 1 is 1.02 bits per heavy atom. The highest BCUT2D eigenvalue weighted by molar-refractivity contribution is 5.95. The molecule has 3 aliphatic heterocycles. The predicted molar refractivity (Wildman–Crippen MR) is 250 cm³/mol. The zero-order valence-corrected chi connectivity index (χ0v) is 37.9. The first kappa shape index (κ1) is 48.7. The van der Waals surface area contributed by atoms with Crippen molar-refractivity contribution in [3.63, 3.8) is 0 Å². The highest BCUT2D eigenvalue weighted by atomic mass is 16.5. The molecule has 1 aromatic carbocycles. The van der Waals surface area contributed by atoms with E-state index in [-0.39, 0.29) is 49.3 Å². The van der Waals surface area contributed by atoms with E-state index in [1.807, 2.05) is 43.9 Å². The summed E-state index contributed by atoms with van der Waals surface area (Å²) in [7, 11) is 0. The number of allylic oxidation sites excluding steroid dienone is 2. The Balaban J connectivity index is 1.11. The van der Waals surface area contributed by atoms with Gasteiger partial charge in [0.2, 0.25) is 17.7 Å². The molecule has 0 radical (unpaired) electrons. The molecule has 5 rings (SSSR count). The summed E-state index contributed by atoms with van der Waals surface area (Å²) in [6.45, 7) is 16.8. The fourth-order valence-corrected chi connectivity index (χ4v) is 8.56. The van der Waals surface area contributed by atoms with E-state index in [2.05, 4.69) is 50.5 Å². The monoisotopic (exact) mass is 870 g/mol. The number of carbonyl (C=O) groups is 4. The van der Waals surface area contributed by atoms with Gasteiger partial charge in [-0.1, -0.05) is 18.2 Å². The van der Waals surface area contributed by atoms with Gasteiger partial charge in [-0.25, -0.2) is 4.98 Å². The van der Waals surface area contributed by atoms with Crippen molar-refractivity contribution in [1.29, 1.82) is 0 Å². The number of likely N-dealkylation sites (tertiary alicyclic amines) is 1. The lowest BCUT2D eigenvalue weighted by Gasteiger charge is -2.36. The summed E-state index contributed by atoms with van der Waals surface area (Å²) in [6, 6.07) is 10.5. The number of carboxylic acids is 1. The highest BCUT2D eigenvalue weighted by Crippen LogP contribution is 2.34. The van der Waals surface area contributed by atoms with Crippen LogP contribution >= 0.6 is 0 Å². The summed E-state index contributed by atoms with van der Waals surface area (Å²) in [4.78, 5) is 66.2. The number of aryl methyl sites for hydroxylation is 2. The zero-order chi connectivity index (χ0) is 45.1. The quantitative estimate of drug-likeness (QED) is 0.0520. The molecule has 63 heavy (non-hydrogen) atoms. The van der Waals surface area contributed by atoms with Gasteiger partial charge in [-0.2, -0.15) is 0 Å². The van der Waals surface area contributed by atoms with Crippen LogP contribution < -0.4 is 26.6 Å². The van der Waals surface area contributed by atoms with E-state index >= 15 is 0 Å². The minimum Gasteiger partial charge on any atom is -0.481 e. The van der Waals surface area contributed by atoms with Gasteiger partial charge in [0.05, 0.1) is 25.3 Å². The zero-order valence-electron chi connectivity index (χ0n) is 37.9. The Bertz CT molecular complexity index is 1940. The van der Waals surface area contributed by atoms with Crippen LogP contribution in [-0.4, -0.2) is 128 Å². The van der Waals surface area contributed by atoms with E-state index < -0.39 is 5.97 Å². The maximum atomic E-state index is 13.2. The van der Waals surface area contributed by atoms with Gasteiger partial charge in [0, 0.05) is 107 Å². The number of rotatable bonds is 24. The number of ether oxygens (including phenoxy) is 1. The number of nitrogens with zero attached hydrogens (tertiary/aromatic N) is 5. The van der Waals surface area contributed by atoms with Crippen LogP contribution in [0.15, 0.2) is 59.2 Å². The maximum absolute atomic E-state index is 13.2. The second kappa shape index (κ2) is 25.1. The van der Waals surface area contributed by atoms with Crippen molar-refractivity contribution in [2.24, 2.45) is 16.6 Å². The maximum Gasteiger partial charge on any atom is 0.304 e. The molecule has 0 aliphatic carbocycles. The van der Waals surface area contributed by atoms with Crippen LogP contribution in [0.2, 0.25) is 0 Å². The summed E-state index contributed by atoms with van der Waals surface area (Å²) in [5.41, 5.74) is 13.3. The van der Waals surface area contributed by atoms with Gasteiger partial charge in [-0.15, -0.1) is 0 Å². The number of nitrogens with two attached hydrogens (primary N) is 1. The first-order valence-corrected chi connectivity index (χ1v) is 22.9. The van der Waals surface area contributed by atoms with E-state index in [0.29, 0.717) is 83.5 Å². The van der Waals surface area contributed by atoms with Crippen molar-refractivity contribution >= 4 is 46.6 Å². The number of hydrogen-bond donors (Lipinski definition) is 5. The minimum absolute atomic E-state index is 0.00602. The number of carbonyl (C=O) groups excluding carboxylic acids is 3. The van der Waals surface area contributed by atoms with Crippen LogP contribution in [0.3, 0.4) is 0 Å². The molecule has 15 heteroatoms. The normalized spacial score (nSPS) is 17.5. The molecule has 6 N–H and O–H groups in total. The predicted octanol–water partition coefficient (Wildman–Crippen LogP) is 5.33. The van der Waals surface area contributed by atoms with Gasteiger partial charge in [-0.3, -0.25) is 24.2 Å². The van der Waals surface area contributed by atoms with Crippen molar-refractivity contribution in [3.8, 4) is 0 Å². The van der Waals surface area contributed by atoms with Gasteiger partial charge in [-0.05, 0) is 120 Å². The molecular weight excluding hydrogens is 799 g/mol. The van der Waals surface area contributed by atoms with Crippen LogP contribution in [0.4, 0.5) is 17.2 Å². The minimum atomic E-state index is -0.835. The number of amides is 3. The lowest BCUT2D eigenvalue weighted by molar-refractivity contribution is -0.137. The number of hydrogen-bond acceptors (Lipinski definition) is 11. The van der Waals surface area contributed by atoms with Crippen LogP contribution in [0.1, 0.15) is 101 Å². The highest BCUT2D eigenvalue weighted by Gasteiger charge is 2.28. The molecule has 3 amide bonds. The number of fused-ring (bicyclic) bond motifs is 1. The van der Waals surface area contributed by atoms with E-state index in [0.717, 1.165) is 91.5 Å². The standard InChI is InChI=1S/C48H71N9O6/c1-34(2)33-63-25-16-45(59)51-19-7-18-50-44(58)9-5-10-46(60)57-23-21-56(22-24-57)43-28-39(27-42(30-43)53-36(4)26-35(3)49)40(29-47(61)62)32-55-20-15-37(31-55)11-13-41-14-12-38-8-6-17-52-48(38)54-41/h12,14,26-28,30,37,40H,1,5-11,13,15-25,29,31-33,49H2,2-4H3,(H,50,58)(H,51,59)(H,52,54)(H,61,62)/b35-26-,53-36?/t37?,40-/m1/s1. The van der Waals surface area contributed by atoms with E-state index in [4.69, 9.17) is 20.4 Å². The molecule has 1 aromatic heterocycles. The molecule has 1 unspecified atom stereocenters. The van der Waals surface area contributed by atoms with Crippen LogP contribution in [0.5, 0.6) is 0 Å².